The molecule has 0 fully saturated rings. The van der Waals surface area contributed by atoms with Crippen LogP contribution in [0.3, 0.4) is 0 Å². The Labute approximate surface area is 104 Å². The second kappa shape index (κ2) is 4.13. The lowest BCUT2D eigenvalue weighted by atomic mass is 10.1. The summed E-state index contributed by atoms with van der Waals surface area (Å²) in [6.45, 7) is 0. The van der Waals surface area contributed by atoms with Crippen LogP contribution in [0, 0.1) is 0 Å². The van der Waals surface area contributed by atoms with Crippen LogP contribution in [0.25, 0.3) is 5.69 Å². The topological polar surface area (TPSA) is 39.9 Å². The van der Waals surface area contributed by atoms with E-state index in [-0.39, 0.29) is 6.10 Å². The standard InChI is InChI=1S/C12H12ClN3O/c1-17-10-5-8-4-9(13)2-3-11(8)16-7-14-15-12(16)6-10/h2-4,7,10H,5-6H2,1H3. The number of aromatic nitrogens is 3. The third kappa shape index (κ3) is 1.83. The average molecular weight is 250 g/mol. The Morgan fingerprint density at radius 2 is 2.29 bits per heavy atom. The molecule has 0 amide bonds. The molecule has 17 heavy (non-hydrogen) atoms. The van der Waals surface area contributed by atoms with Gasteiger partial charge in [-0.15, -0.1) is 10.2 Å². The molecule has 1 aromatic carbocycles. The lowest BCUT2D eigenvalue weighted by Gasteiger charge is -2.11. The van der Waals surface area contributed by atoms with Crippen LogP contribution in [-0.2, 0) is 17.6 Å². The minimum atomic E-state index is 0.123. The Bertz CT molecular complexity index is 552. The van der Waals surface area contributed by atoms with E-state index in [1.165, 1.54) is 5.56 Å². The Kier molecular flexibility index (Phi) is 2.61. The van der Waals surface area contributed by atoms with E-state index < -0.39 is 0 Å². The third-order valence-electron chi connectivity index (χ3n) is 3.11. The van der Waals surface area contributed by atoms with E-state index in [2.05, 4.69) is 10.2 Å². The molecule has 1 aliphatic heterocycles. The highest BCUT2D eigenvalue weighted by molar-refractivity contribution is 6.30. The predicted octanol–water partition coefficient (Wildman–Crippen LogP) is 2.03. The maximum Gasteiger partial charge on any atom is 0.140 e. The summed E-state index contributed by atoms with van der Waals surface area (Å²) in [5.41, 5.74) is 2.26. The van der Waals surface area contributed by atoms with E-state index in [0.29, 0.717) is 0 Å². The summed E-state index contributed by atoms with van der Waals surface area (Å²) in [5, 5.41) is 8.84. The molecule has 0 saturated heterocycles. The number of ether oxygens (including phenoxy) is 1. The molecule has 1 aliphatic rings. The van der Waals surface area contributed by atoms with Gasteiger partial charge < -0.3 is 4.74 Å². The van der Waals surface area contributed by atoms with Crippen molar-refractivity contribution in [1.29, 1.82) is 0 Å². The molecule has 2 aromatic rings. The van der Waals surface area contributed by atoms with Crippen molar-refractivity contribution >= 4 is 11.6 Å². The van der Waals surface area contributed by atoms with Crippen LogP contribution in [-0.4, -0.2) is 28.0 Å². The molecule has 1 aromatic heterocycles. The van der Waals surface area contributed by atoms with E-state index in [1.54, 1.807) is 13.4 Å². The molecule has 2 heterocycles. The van der Waals surface area contributed by atoms with Crippen molar-refractivity contribution in [2.75, 3.05) is 7.11 Å². The van der Waals surface area contributed by atoms with Crippen molar-refractivity contribution in [3.63, 3.8) is 0 Å². The second-order valence-corrected chi connectivity index (χ2v) is 4.59. The maximum atomic E-state index is 6.04. The van der Waals surface area contributed by atoms with Crippen LogP contribution in [0.5, 0.6) is 0 Å². The van der Waals surface area contributed by atoms with Gasteiger partial charge in [-0.2, -0.15) is 0 Å². The molecule has 0 bridgehead atoms. The van der Waals surface area contributed by atoms with Crippen LogP contribution >= 0.6 is 11.6 Å². The predicted molar refractivity (Wildman–Crippen MR) is 64.6 cm³/mol. The van der Waals surface area contributed by atoms with Crippen LogP contribution in [0.4, 0.5) is 0 Å². The highest BCUT2D eigenvalue weighted by Crippen LogP contribution is 2.26. The number of nitrogens with zero attached hydrogens (tertiary/aromatic N) is 3. The Morgan fingerprint density at radius 1 is 1.41 bits per heavy atom. The second-order valence-electron chi connectivity index (χ2n) is 4.16. The zero-order valence-electron chi connectivity index (χ0n) is 9.43. The molecule has 1 atom stereocenters. The first-order valence-electron chi connectivity index (χ1n) is 5.48. The first-order valence-corrected chi connectivity index (χ1v) is 5.86. The SMILES string of the molecule is COC1Cc2cc(Cl)ccc2-n2cnnc2C1. The first-order chi connectivity index (χ1) is 8.28. The molecule has 4 nitrogen and oxygen atoms in total. The van der Waals surface area contributed by atoms with Gasteiger partial charge in [0.25, 0.3) is 0 Å². The van der Waals surface area contributed by atoms with Gasteiger partial charge in [0.15, 0.2) is 0 Å². The maximum absolute atomic E-state index is 6.04. The van der Waals surface area contributed by atoms with Crippen LogP contribution in [0.1, 0.15) is 11.4 Å². The minimum Gasteiger partial charge on any atom is -0.381 e. The fourth-order valence-corrected chi connectivity index (χ4v) is 2.43. The van der Waals surface area contributed by atoms with Gasteiger partial charge in [0.2, 0.25) is 0 Å². The van der Waals surface area contributed by atoms with E-state index in [1.807, 2.05) is 22.8 Å². The lowest BCUT2D eigenvalue weighted by Crippen LogP contribution is -2.16. The quantitative estimate of drug-likeness (QED) is 0.777. The summed E-state index contributed by atoms with van der Waals surface area (Å²) in [4.78, 5) is 0. The zero-order chi connectivity index (χ0) is 11.8. The van der Waals surface area contributed by atoms with Crippen molar-refractivity contribution in [3.8, 4) is 5.69 Å². The summed E-state index contributed by atoms with van der Waals surface area (Å²) < 4.78 is 7.47. The van der Waals surface area contributed by atoms with Gasteiger partial charge in [-0.1, -0.05) is 11.6 Å². The molecule has 0 saturated carbocycles. The van der Waals surface area contributed by atoms with Gasteiger partial charge in [0.05, 0.1) is 11.8 Å². The summed E-state index contributed by atoms with van der Waals surface area (Å²) in [6.07, 6.45) is 3.47. The molecular formula is C12H12ClN3O. The molecule has 3 rings (SSSR count). The van der Waals surface area contributed by atoms with Gasteiger partial charge in [0.1, 0.15) is 12.2 Å². The summed E-state index contributed by atoms with van der Waals surface area (Å²) in [6, 6.07) is 5.87. The first kappa shape index (κ1) is 10.7. The van der Waals surface area contributed by atoms with Crippen molar-refractivity contribution in [1.82, 2.24) is 14.8 Å². The summed E-state index contributed by atoms with van der Waals surface area (Å²) in [7, 11) is 1.72. The number of hydrogen-bond acceptors (Lipinski definition) is 3. The highest BCUT2D eigenvalue weighted by atomic mass is 35.5. The monoisotopic (exact) mass is 249 g/mol. The molecule has 1 unspecified atom stereocenters. The molecule has 0 radical (unpaired) electrons. The number of fused-ring (bicyclic) bond motifs is 3. The molecule has 5 heteroatoms. The Balaban J connectivity index is 2.18. The number of methoxy groups -OCH3 is 1. The smallest absolute Gasteiger partial charge is 0.140 e. The van der Waals surface area contributed by atoms with Crippen molar-refractivity contribution in [2.45, 2.75) is 18.9 Å². The molecular weight excluding hydrogens is 238 g/mol. The van der Waals surface area contributed by atoms with Crippen LogP contribution in [0.2, 0.25) is 5.02 Å². The largest absolute Gasteiger partial charge is 0.381 e. The molecule has 0 N–H and O–H groups in total. The van der Waals surface area contributed by atoms with Gasteiger partial charge in [-0.3, -0.25) is 4.57 Å². The van der Waals surface area contributed by atoms with E-state index in [0.717, 1.165) is 29.4 Å². The number of hydrogen-bond donors (Lipinski definition) is 0. The minimum absolute atomic E-state index is 0.123. The van der Waals surface area contributed by atoms with E-state index in [4.69, 9.17) is 16.3 Å². The van der Waals surface area contributed by atoms with Gasteiger partial charge in [-0.25, -0.2) is 0 Å². The normalized spacial score (nSPS) is 18.4. The van der Waals surface area contributed by atoms with E-state index in [9.17, 15) is 0 Å². The molecule has 0 aliphatic carbocycles. The highest BCUT2D eigenvalue weighted by Gasteiger charge is 2.22. The number of rotatable bonds is 1. The Morgan fingerprint density at radius 3 is 3.12 bits per heavy atom. The van der Waals surface area contributed by atoms with Gasteiger partial charge in [-0.05, 0) is 23.8 Å². The van der Waals surface area contributed by atoms with E-state index >= 15 is 0 Å². The van der Waals surface area contributed by atoms with Crippen molar-refractivity contribution in [2.24, 2.45) is 0 Å². The summed E-state index contributed by atoms with van der Waals surface area (Å²) in [5.74, 6) is 0.929. The fourth-order valence-electron chi connectivity index (χ4n) is 2.24. The lowest BCUT2D eigenvalue weighted by molar-refractivity contribution is 0.103. The van der Waals surface area contributed by atoms with Crippen LogP contribution in [0.15, 0.2) is 24.5 Å². The van der Waals surface area contributed by atoms with Crippen molar-refractivity contribution in [3.05, 3.63) is 40.9 Å². The number of benzene rings is 1. The molecule has 0 spiro atoms. The zero-order valence-corrected chi connectivity index (χ0v) is 10.2. The Hall–Kier alpha value is -1.39. The molecule has 88 valence electrons. The fraction of sp³-hybridized carbons (Fsp3) is 0.333. The van der Waals surface area contributed by atoms with Gasteiger partial charge >= 0.3 is 0 Å². The average Bonchev–Trinajstić information content (AvgIpc) is 2.71. The number of halogens is 1. The van der Waals surface area contributed by atoms with Crippen molar-refractivity contribution < 1.29 is 4.74 Å². The van der Waals surface area contributed by atoms with Crippen LogP contribution < -0.4 is 0 Å². The van der Waals surface area contributed by atoms with Gasteiger partial charge in [0, 0.05) is 25.0 Å². The summed E-state index contributed by atoms with van der Waals surface area (Å²) >= 11 is 6.04. The third-order valence-corrected chi connectivity index (χ3v) is 3.35.